The molecular formula is C17H22N2O2S. The predicted octanol–water partition coefficient (Wildman–Crippen LogP) is 2.83. The number of sulfonamides is 1. The molecule has 0 unspecified atom stereocenters. The van der Waals surface area contributed by atoms with Crippen LogP contribution in [0.5, 0.6) is 0 Å². The molecule has 22 heavy (non-hydrogen) atoms. The van der Waals surface area contributed by atoms with Gasteiger partial charge in [0, 0.05) is 18.9 Å². The molecule has 0 aliphatic carbocycles. The summed E-state index contributed by atoms with van der Waals surface area (Å²) < 4.78 is 26.8. The van der Waals surface area contributed by atoms with E-state index in [1.807, 2.05) is 49.5 Å². The van der Waals surface area contributed by atoms with Crippen molar-refractivity contribution < 1.29 is 8.42 Å². The molecule has 1 aromatic carbocycles. The van der Waals surface area contributed by atoms with E-state index in [1.165, 1.54) is 5.56 Å². The summed E-state index contributed by atoms with van der Waals surface area (Å²) in [6, 6.07) is 11.5. The first-order valence-electron chi connectivity index (χ1n) is 7.47. The Morgan fingerprint density at radius 1 is 1.09 bits per heavy atom. The zero-order chi connectivity index (χ0) is 15.8. The van der Waals surface area contributed by atoms with Gasteiger partial charge in [0.05, 0.1) is 5.75 Å². The number of hydrogen-bond acceptors (Lipinski definition) is 3. The first-order valence-corrected chi connectivity index (χ1v) is 9.13. The number of hydrogen-bond donors (Lipinski definition) is 1. The third-order valence-corrected chi connectivity index (χ3v) is 4.88. The highest BCUT2D eigenvalue weighted by molar-refractivity contribution is 7.88. The van der Waals surface area contributed by atoms with E-state index in [4.69, 9.17) is 0 Å². The largest absolute Gasteiger partial charge is 0.264 e. The van der Waals surface area contributed by atoms with Crippen LogP contribution >= 0.6 is 0 Å². The van der Waals surface area contributed by atoms with Gasteiger partial charge in [0.25, 0.3) is 0 Å². The molecule has 0 aliphatic heterocycles. The second-order valence-corrected chi connectivity index (χ2v) is 7.21. The number of aromatic nitrogens is 1. The summed E-state index contributed by atoms with van der Waals surface area (Å²) in [5, 5.41) is 0. The van der Waals surface area contributed by atoms with Crippen molar-refractivity contribution in [1.82, 2.24) is 9.71 Å². The van der Waals surface area contributed by atoms with Crippen molar-refractivity contribution in [3.8, 4) is 0 Å². The van der Waals surface area contributed by atoms with Gasteiger partial charge in [-0.25, -0.2) is 13.1 Å². The van der Waals surface area contributed by atoms with Crippen molar-refractivity contribution in [3.63, 3.8) is 0 Å². The molecule has 0 saturated carbocycles. The Balaban J connectivity index is 1.73. The Hall–Kier alpha value is -1.72. The van der Waals surface area contributed by atoms with E-state index >= 15 is 0 Å². The molecule has 0 bridgehead atoms. The Morgan fingerprint density at radius 3 is 2.64 bits per heavy atom. The fraction of sp³-hybridized carbons (Fsp3) is 0.353. The molecule has 2 aromatic rings. The summed E-state index contributed by atoms with van der Waals surface area (Å²) >= 11 is 0. The minimum Gasteiger partial charge on any atom is -0.264 e. The minimum absolute atomic E-state index is 0.0439. The summed E-state index contributed by atoms with van der Waals surface area (Å²) in [5.41, 5.74) is 3.04. The molecule has 0 radical (unpaired) electrons. The second kappa shape index (κ2) is 8.06. The van der Waals surface area contributed by atoms with Crippen LogP contribution in [-0.4, -0.2) is 19.9 Å². The summed E-state index contributed by atoms with van der Waals surface area (Å²) in [4.78, 5) is 4.07. The minimum atomic E-state index is -3.26. The first kappa shape index (κ1) is 16.6. The second-order valence-electron chi connectivity index (χ2n) is 5.40. The molecule has 0 fully saturated rings. The van der Waals surface area contributed by atoms with E-state index in [2.05, 4.69) is 9.71 Å². The van der Waals surface area contributed by atoms with Crippen LogP contribution in [0.3, 0.4) is 0 Å². The fourth-order valence-corrected chi connectivity index (χ4v) is 3.55. The van der Waals surface area contributed by atoms with Gasteiger partial charge in [-0.1, -0.05) is 30.3 Å². The molecule has 0 aliphatic rings. The molecule has 0 amide bonds. The monoisotopic (exact) mass is 318 g/mol. The lowest BCUT2D eigenvalue weighted by atomic mass is 10.1. The molecule has 0 atom stereocenters. The lowest BCUT2D eigenvalue weighted by Gasteiger charge is -2.08. The van der Waals surface area contributed by atoms with E-state index in [1.54, 1.807) is 6.20 Å². The highest BCUT2D eigenvalue weighted by Gasteiger charge is 2.11. The van der Waals surface area contributed by atoms with Crippen molar-refractivity contribution >= 4 is 10.0 Å². The van der Waals surface area contributed by atoms with Gasteiger partial charge < -0.3 is 0 Å². The molecule has 2 rings (SSSR count). The fourth-order valence-electron chi connectivity index (χ4n) is 2.26. The van der Waals surface area contributed by atoms with Gasteiger partial charge in [0.15, 0.2) is 0 Å². The van der Waals surface area contributed by atoms with Crippen LogP contribution < -0.4 is 4.72 Å². The van der Waals surface area contributed by atoms with E-state index in [0.717, 1.165) is 30.4 Å². The quantitative estimate of drug-likeness (QED) is 0.761. The van der Waals surface area contributed by atoms with Gasteiger partial charge in [0.2, 0.25) is 10.0 Å². The molecule has 0 spiro atoms. The number of aryl methyl sites for hydroxylation is 2. The Labute approximate surface area is 132 Å². The van der Waals surface area contributed by atoms with Crippen LogP contribution in [0.25, 0.3) is 0 Å². The van der Waals surface area contributed by atoms with Gasteiger partial charge in [-0.3, -0.25) is 4.98 Å². The lowest BCUT2D eigenvalue weighted by Crippen LogP contribution is -2.26. The molecule has 1 heterocycles. The maximum atomic E-state index is 12.1. The van der Waals surface area contributed by atoms with E-state index in [-0.39, 0.29) is 5.75 Å². The number of nitrogens with one attached hydrogen (secondary N) is 1. The molecular weight excluding hydrogens is 296 g/mol. The maximum Gasteiger partial charge on any atom is 0.215 e. The zero-order valence-corrected chi connectivity index (χ0v) is 13.6. The van der Waals surface area contributed by atoms with Gasteiger partial charge in [-0.05, 0) is 48.9 Å². The third-order valence-electron chi connectivity index (χ3n) is 3.54. The standard InChI is InChI=1S/C17H22N2O2S/c1-15-7-2-3-10-17(15)14-22(20,21)19-12-5-4-8-16-9-6-11-18-13-16/h2-3,6-7,9-11,13,19H,4-5,8,12,14H2,1H3. The van der Waals surface area contributed by atoms with E-state index < -0.39 is 10.0 Å². The number of unbranched alkanes of at least 4 members (excludes halogenated alkanes) is 1. The topological polar surface area (TPSA) is 59.1 Å². The van der Waals surface area contributed by atoms with Gasteiger partial charge in [0.1, 0.15) is 0 Å². The zero-order valence-electron chi connectivity index (χ0n) is 12.8. The van der Waals surface area contributed by atoms with Crippen molar-refractivity contribution in [2.75, 3.05) is 6.54 Å². The average Bonchev–Trinajstić information content (AvgIpc) is 2.50. The number of pyridine rings is 1. The molecule has 1 aromatic heterocycles. The van der Waals surface area contributed by atoms with Gasteiger partial charge >= 0.3 is 0 Å². The summed E-state index contributed by atoms with van der Waals surface area (Å²) in [7, 11) is -3.26. The molecule has 4 nitrogen and oxygen atoms in total. The van der Waals surface area contributed by atoms with Gasteiger partial charge in [-0.15, -0.1) is 0 Å². The van der Waals surface area contributed by atoms with Crippen molar-refractivity contribution in [2.24, 2.45) is 0 Å². The normalized spacial score (nSPS) is 11.5. The van der Waals surface area contributed by atoms with E-state index in [0.29, 0.717) is 6.54 Å². The van der Waals surface area contributed by atoms with Crippen LogP contribution in [0.2, 0.25) is 0 Å². The molecule has 0 saturated heterocycles. The highest BCUT2D eigenvalue weighted by Crippen LogP contribution is 2.10. The summed E-state index contributed by atoms with van der Waals surface area (Å²) in [6.07, 6.45) is 6.29. The lowest BCUT2D eigenvalue weighted by molar-refractivity contribution is 0.575. The van der Waals surface area contributed by atoms with Crippen LogP contribution in [0.15, 0.2) is 48.8 Å². The summed E-state index contributed by atoms with van der Waals surface area (Å²) in [6.45, 7) is 2.41. The number of rotatable bonds is 8. The Morgan fingerprint density at radius 2 is 1.91 bits per heavy atom. The highest BCUT2D eigenvalue weighted by atomic mass is 32.2. The smallest absolute Gasteiger partial charge is 0.215 e. The van der Waals surface area contributed by atoms with Crippen molar-refractivity contribution in [1.29, 1.82) is 0 Å². The number of nitrogens with zero attached hydrogens (tertiary/aromatic N) is 1. The predicted molar refractivity (Wildman–Crippen MR) is 89.0 cm³/mol. The van der Waals surface area contributed by atoms with Crippen LogP contribution in [0, 0.1) is 6.92 Å². The van der Waals surface area contributed by atoms with Crippen LogP contribution in [0.1, 0.15) is 29.5 Å². The van der Waals surface area contributed by atoms with Gasteiger partial charge in [-0.2, -0.15) is 0 Å². The van der Waals surface area contributed by atoms with Crippen molar-refractivity contribution in [3.05, 3.63) is 65.5 Å². The van der Waals surface area contributed by atoms with Crippen molar-refractivity contribution in [2.45, 2.75) is 31.9 Å². The Kier molecular flexibility index (Phi) is 6.10. The summed E-state index contributed by atoms with van der Waals surface area (Å²) in [5.74, 6) is 0.0439. The molecule has 118 valence electrons. The first-order chi connectivity index (χ1) is 10.6. The third kappa shape index (κ3) is 5.58. The number of benzene rings is 1. The Bertz CT molecular complexity index is 685. The van der Waals surface area contributed by atoms with Crippen LogP contribution in [-0.2, 0) is 22.2 Å². The average molecular weight is 318 g/mol. The molecule has 1 N–H and O–H groups in total. The van der Waals surface area contributed by atoms with Crippen LogP contribution in [0.4, 0.5) is 0 Å². The SMILES string of the molecule is Cc1ccccc1CS(=O)(=O)NCCCCc1cccnc1. The molecule has 5 heteroatoms. The maximum absolute atomic E-state index is 12.1. The van der Waals surface area contributed by atoms with E-state index in [9.17, 15) is 8.42 Å².